The highest BCUT2D eigenvalue weighted by molar-refractivity contribution is 7.92. The van der Waals surface area contributed by atoms with Crippen LogP contribution in [0.25, 0.3) is 0 Å². The highest BCUT2D eigenvalue weighted by atomic mass is 32.2. The van der Waals surface area contributed by atoms with Gasteiger partial charge in [-0.15, -0.1) is 10.2 Å². The predicted molar refractivity (Wildman–Crippen MR) is 112 cm³/mol. The van der Waals surface area contributed by atoms with Gasteiger partial charge in [-0.3, -0.25) is 9.10 Å². The van der Waals surface area contributed by atoms with Crippen molar-refractivity contribution < 1.29 is 22.4 Å². The number of benzene rings is 2. The first kappa shape index (κ1) is 20.9. The van der Waals surface area contributed by atoms with Gasteiger partial charge >= 0.3 is 0 Å². The van der Waals surface area contributed by atoms with Crippen LogP contribution in [0.3, 0.4) is 0 Å². The Bertz CT molecular complexity index is 1190. The molecule has 2 aromatic carbocycles. The van der Waals surface area contributed by atoms with Gasteiger partial charge in [-0.1, -0.05) is 12.1 Å². The van der Waals surface area contributed by atoms with Crippen molar-refractivity contribution in [3.05, 3.63) is 65.9 Å². The van der Waals surface area contributed by atoms with E-state index in [1.807, 2.05) is 0 Å². The number of methoxy groups -OCH3 is 1. The minimum atomic E-state index is -3.83. The summed E-state index contributed by atoms with van der Waals surface area (Å²) in [5, 5.41) is 10.6. The molecule has 1 fully saturated rings. The maximum Gasteiger partial charge on any atom is 0.264 e. The lowest BCUT2D eigenvalue weighted by molar-refractivity contribution is 0.0947. The molecule has 1 heterocycles. The van der Waals surface area contributed by atoms with E-state index in [1.165, 1.54) is 38.4 Å². The Balaban J connectivity index is 1.44. The molecule has 0 radical (unpaired) electrons. The van der Waals surface area contributed by atoms with Crippen LogP contribution < -0.4 is 14.4 Å². The maximum atomic E-state index is 13.0. The fraction of sp³-hybridized carbons (Fsp3) is 0.286. The number of para-hydroxylation sites is 2. The molecule has 0 saturated heterocycles. The zero-order chi connectivity index (χ0) is 22.0. The maximum absolute atomic E-state index is 13.0. The molecule has 1 N–H and O–H groups in total. The fourth-order valence-electron chi connectivity index (χ4n) is 3.05. The van der Waals surface area contributed by atoms with Crippen LogP contribution >= 0.6 is 0 Å². The standard InChI is InChI=1S/C21H22N4O5S/c1-25(17-5-3-4-6-18(17)29-2)31(27,28)16-11-9-14(10-12-16)20(26)22-13-19-23-24-21(30-19)15-7-8-15/h3-6,9-12,15H,7-8,13H2,1-2H3,(H,22,26). The van der Waals surface area contributed by atoms with Crippen molar-refractivity contribution in [3.63, 3.8) is 0 Å². The molecule has 1 aliphatic rings. The normalized spacial score (nSPS) is 13.6. The molecule has 31 heavy (non-hydrogen) atoms. The Morgan fingerprint density at radius 2 is 1.87 bits per heavy atom. The number of anilines is 1. The summed E-state index contributed by atoms with van der Waals surface area (Å²) in [7, 11) is -0.901. The Kier molecular flexibility index (Phi) is 5.64. The number of nitrogens with zero attached hydrogens (tertiary/aromatic N) is 3. The second-order valence-electron chi connectivity index (χ2n) is 7.16. The Morgan fingerprint density at radius 1 is 1.16 bits per heavy atom. The van der Waals surface area contributed by atoms with Crippen molar-refractivity contribution in [2.24, 2.45) is 0 Å². The van der Waals surface area contributed by atoms with Crippen molar-refractivity contribution in [1.82, 2.24) is 15.5 Å². The van der Waals surface area contributed by atoms with E-state index in [0.717, 1.165) is 17.1 Å². The van der Waals surface area contributed by atoms with Crippen LogP contribution in [0.15, 0.2) is 57.8 Å². The third-order valence-electron chi connectivity index (χ3n) is 5.01. The minimum Gasteiger partial charge on any atom is -0.495 e. The average Bonchev–Trinajstić information content (AvgIpc) is 3.54. The third kappa shape index (κ3) is 4.38. The topological polar surface area (TPSA) is 115 Å². The van der Waals surface area contributed by atoms with Gasteiger partial charge in [0.25, 0.3) is 15.9 Å². The number of ether oxygens (including phenoxy) is 1. The van der Waals surface area contributed by atoms with Gasteiger partial charge in [-0.25, -0.2) is 8.42 Å². The van der Waals surface area contributed by atoms with Crippen LogP contribution in [0.4, 0.5) is 5.69 Å². The minimum absolute atomic E-state index is 0.0587. The number of aromatic nitrogens is 2. The molecule has 1 aliphatic carbocycles. The summed E-state index contributed by atoms with van der Waals surface area (Å²) < 4.78 is 37.9. The van der Waals surface area contributed by atoms with Gasteiger partial charge < -0.3 is 14.5 Å². The number of rotatable bonds is 8. The number of hydrogen-bond donors (Lipinski definition) is 1. The van der Waals surface area contributed by atoms with Crippen LogP contribution in [0.2, 0.25) is 0 Å². The van der Waals surface area contributed by atoms with Crippen molar-refractivity contribution >= 4 is 21.6 Å². The number of hydrogen-bond acceptors (Lipinski definition) is 7. The molecule has 1 aromatic heterocycles. The van der Waals surface area contributed by atoms with Gasteiger partial charge in [-0.05, 0) is 49.2 Å². The van der Waals surface area contributed by atoms with E-state index in [2.05, 4.69) is 15.5 Å². The number of sulfonamides is 1. The van der Waals surface area contributed by atoms with E-state index < -0.39 is 10.0 Å². The second-order valence-corrected chi connectivity index (χ2v) is 9.13. The molecule has 4 rings (SSSR count). The lowest BCUT2D eigenvalue weighted by Gasteiger charge is -2.21. The Morgan fingerprint density at radius 3 is 2.55 bits per heavy atom. The Labute approximate surface area is 180 Å². The lowest BCUT2D eigenvalue weighted by Crippen LogP contribution is -2.27. The molecule has 0 spiro atoms. The van der Waals surface area contributed by atoms with E-state index in [-0.39, 0.29) is 17.3 Å². The summed E-state index contributed by atoms with van der Waals surface area (Å²) in [5.74, 6) is 1.37. The van der Waals surface area contributed by atoms with Gasteiger partial charge in [-0.2, -0.15) is 0 Å². The third-order valence-corrected chi connectivity index (χ3v) is 6.79. The summed E-state index contributed by atoms with van der Waals surface area (Å²) in [6.07, 6.45) is 2.10. The molecule has 10 heteroatoms. The first-order chi connectivity index (χ1) is 14.9. The molecule has 3 aromatic rings. The largest absolute Gasteiger partial charge is 0.495 e. The van der Waals surface area contributed by atoms with Crippen molar-refractivity contribution in [2.75, 3.05) is 18.5 Å². The lowest BCUT2D eigenvalue weighted by atomic mass is 10.2. The zero-order valence-electron chi connectivity index (χ0n) is 17.1. The molecule has 1 saturated carbocycles. The molecule has 0 aliphatic heterocycles. The number of carbonyl (C=O) groups is 1. The predicted octanol–water partition coefficient (Wildman–Crippen LogP) is 2.71. The van der Waals surface area contributed by atoms with Gasteiger partial charge in [0, 0.05) is 18.5 Å². The van der Waals surface area contributed by atoms with Crippen LogP contribution in [0, 0.1) is 0 Å². The molecule has 9 nitrogen and oxygen atoms in total. The summed E-state index contributed by atoms with van der Waals surface area (Å²) in [6.45, 7) is 0.106. The van der Waals surface area contributed by atoms with E-state index in [0.29, 0.717) is 34.7 Å². The molecule has 0 atom stereocenters. The summed E-state index contributed by atoms with van der Waals surface area (Å²) in [5.41, 5.74) is 0.734. The van der Waals surface area contributed by atoms with Gasteiger partial charge in [0.2, 0.25) is 11.8 Å². The van der Waals surface area contributed by atoms with E-state index in [4.69, 9.17) is 9.15 Å². The quantitative estimate of drug-likeness (QED) is 0.570. The molecule has 1 amide bonds. The first-order valence-electron chi connectivity index (χ1n) is 9.72. The molecule has 162 valence electrons. The average molecular weight is 442 g/mol. The highest BCUT2D eigenvalue weighted by Gasteiger charge is 2.29. The smallest absolute Gasteiger partial charge is 0.264 e. The van der Waals surface area contributed by atoms with Crippen molar-refractivity contribution in [3.8, 4) is 5.75 Å². The highest BCUT2D eigenvalue weighted by Crippen LogP contribution is 2.39. The summed E-state index contributed by atoms with van der Waals surface area (Å²) >= 11 is 0. The Hall–Kier alpha value is -3.40. The van der Waals surface area contributed by atoms with Crippen LogP contribution in [-0.2, 0) is 16.6 Å². The fourth-order valence-corrected chi connectivity index (χ4v) is 4.25. The molecule has 0 bridgehead atoms. The monoisotopic (exact) mass is 442 g/mol. The van der Waals surface area contributed by atoms with E-state index in [9.17, 15) is 13.2 Å². The van der Waals surface area contributed by atoms with Crippen LogP contribution in [0.5, 0.6) is 5.75 Å². The van der Waals surface area contributed by atoms with E-state index >= 15 is 0 Å². The summed E-state index contributed by atoms with van der Waals surface area (Å²) in [6, 6.07) is 12.5. The first-order valence-corrected chi connectivity index (χ1v) is 11.2. The van der Waals surface area contributed by atoms with Gasteiger partial charge in [0.05, 0.1) is 24.2 Å². The zero-order valence-corrected chi connectivity index (χ0v) is 17.9. The number of carbonyl (C=O) groups excluding carboxylic acids is 1. The van der Waals surface area contributed by atoms with Crippen molar-refractivity contribution in [2.45, 2.75) is 30.2 Å². The van der Waals surface area contributed by atoms with Crippen LogP contribution in [0.1, 0.15) is 40.9 Å². The van der Waals surface area contributed by atoms with E-state index in [1.54, 1.807) is 24.3 Å². The summed E-state index contributed by atoms with van der Waals surface area (Å²) in [4.78, 5) is 12.5. The SMILES string of the molecule is COc1ccccc1N(C)S(=O)(=O)c1ccc(C(=O)NCc2nnc(C3CC3)o2)cc1. The molecular weight excluding hydrogens is 420 g/mol. The van der Waals surface area contributed by atoms with Crippen LogP contribution in [-0.4, -0.2) is 38.7 Å². The number of nitrogens with one attached hydrogen (secondary N) is 1. The molecular formula is C21H22N4O5S. The second kappa shape index (κ2) is 8.38. The van der Waals surface area contributed by atoms with Gasteiger partial charge in [0.15, 0.2) is 0 Å². The molecule has 0 unspecified atom stereocenters. The number of amides is 1. The van der Waals surface area contributed by atoms with Gasteiger partial charge in [0.1, 0.15) is 5.75 Å². The van der Waals surface area contributed by atoms with Crippen molar-refractivity contribution in [1.29, 1.82) is 0 Å².